The number of carbonyl (C=O) groups is 1. The average molecular weight is 257 g/mol. The van der Waals surface area contributed by atoms with Gasteiger partial charge < -0.3 is 16.0 Å². The maximum atomic E-state index is 13.2. The van der Waals surface area contributed by atoms with E-state index in [9.17, 15) is 13.6 Å². The summed E-state index contributed by atoms with van der Waals surface area (Å²) >= 11 is 0. The van der Waals surface area contributed by atoms with Crippen LogP contribution in [0.5, 0.6) is 0 Å². The summed E-state index contributed by atoms with van der Waals surface area (Å²) in [7, 11) is 0. The van der Waals surface area contributed by atoms with Crippen molar-refractivity contribution in [3.8, 4) is 0 Å². The molecule has 0 aliphatic heterocycles. The van der Waals surface area contributed by atoms with E-state index in [1.165, 1.54) is 6.07 Å². The van der Waals surface area contributed by atoms with Crippen LogP contribution in [0.15, 0.2) is 18.2 Å². The molecule has 1 aromatic carbocycles. The molecule has 0 unspecified atom stereocenters. The fraction of sp³-hybridized carbons (Fsp3) is 0.417. The molecule has 0 heterocycles. The highest BCUT2D eigenvalue weighted by atomic mass is 19.1. The Kier molecular flexibility index (Phi) is 6.07. The van der Waals surface area contributed by atoms with Gasteiger partial charge in [-0.3, -0.25) is 0 Å². The van der Waals surface area contributed by atoms with E-state index >= 15 is 0 Å². The smallest absolute Gasteiger partial charge is 0.319 e. The second-order valence-corrected chi connectivity index (χ2v) is 3.71. The van der Waals surface area contributed by atoms with Gasteiger partial charge in [-0.05, 0) is 31.6 Å². The van der Waals surface area contributed by atoms with Crippen LogP contribution in [0.25, 0.3) is 0 Å². The molecule has 0 atom stereocenters. The molecule has 0 saturated heterocycles. The monoisotopic (exact) mass is 257 g/mol. The molecule has 100 valence electrons. The van der Waals surface area contributed by atoms with E-state index in [2.05, 4.69) is 16.0 Å². The second-order valence-electron chi connectivity index (χ2n) is 3.71. The summed E-state index contributed by atoms with van der Waals surface area (Å²) in [5.41, 5.74) is -0.0411. The molecule has 4 nitrogen and oxygen atoms in total. The van der Waals surface area contributed by atoms with Crippen molar-refractivity contribution in [3.63, 3.8) is 0 Å². The lowest BCUT2D eigenvalue weighted by Gasteiger charge is -2.08. The number of hydrogen-bond donors (Lipinski definition) is 3. The minimum atomic E-state index is -0.794. The van der Waals surface area contributed by atoms with Gasteiger partial charge in [-0.15, -0.1) is 0 Å². The first-order chi connectivity index (χ1) is 8.63. The van der Waals surface area contributed by atoms with E-state index in [4.69, 9.17) is 0 Å². The molecule has 1 aromatic rings. The summed E-state index contributed by atoms with van der Waals surface area (Å²) in [6.45, 7) is 4.17. The summed E-state index contributed by atoms with van der Waals surface area (Å²) in [4.78, 5) is 11.4. The summed E-state index contributed by atoms with van der Waals surface area (Å²) in [6.07, 6.45) is 0.785. The van der Waals surface area contributed by atoms with Crippen molar-refractivity contribution in [1.29, 1.82) is 0 Å². The first-order valence-corrected chi connectivity index (χ1v) is 5.84. The Morgan fingerprint density at radius 1 is 1.28 bits per heavy atom. The van der Waals surface area contributed by atoms with Crippen LogP contribution in [0, 0.1) is 11.6 Å². The molecule has 6 heteroatoms. The number of anilines is 1. The van der Waals surface area contributed by atoms with E-state index in [0.717, 1.165) is 31.6 Å². The normalized spacial score (nSPS) is 10.2. The third kappa shape index (κ3) is 5.09. The van der Waals surface area contributed by atoms with Gasteiger partial charge in [-0.25, -0.2) is 13.6 Å². The Morgan fingerprint density at radius 3 is 2.72 bits per heavy atom. The predicted molar refractivity (Wildman–Crippen MR) is 66.5 cm³/mol. The number of amides is 2. The summed E-state index contributed by atoms with van der Waals surface area (Å²) in [5, 5.41) is 8.01. The highest BCUT2D eigenvalue weighted by molar-refractivity contribution is 5.89. The van der Waals surface area contributed by atoms with E-state index in [1.54, 1.807) is 0 Å². The van der Waals surface area contributed by atoms with Gasteiger partial charge in [0.2, 0.25) is 0 Å². The van der Waals surface area contributed by atoms with E-state index in [-0.39, 0.29) is 5.69 Å². The molecule has 0 spiro atoms. The lowest BCUT2D eigenvalue weighted by atomic mass is 10.3. The van der Waals surface area contributed by atoms with Crippen LogP contribution in [0.3, 0.4) is 0 Å². The molecule has 3 N–H and O–H groups in total. The van der Waals surface area contributed by atoms with Gasteiger partial charge in [0.05, 0.1) is 5.69 Å². The van der Waals surface area contributed by atoms with Crippen molar-refractivity contribution < 1.29 is 13.6 Å². The van der Waals surface area contributed by atoms with E-state index in [0.29, 0.717) is 6.54 Å². The first-order valence-electron chi connectivity index (χ1n) is 5.84. The molecule has 0 radical (unpaired) electrons. The van der Waals surface area contributed by atoms with E-state index < -0.39 is 17.7 Å². The van der Waals surface area contributed by atoms with Crippen molar-refractivity contribution in [2.75, 3.05) is 25.0 Å². The van der Waals surface area contributed by atoms with E-state index in [1.807, 2.05) is 6.92 Å². The quantitative estimate of drug-likeness (QED) is 0.683. The second kappa shape index (κ2) is 7.60. The Hall–Kier alpha value is -1.69. The van der Waals surface area contributed by atoms with Gasteiger partial charge >= 0.3 is 6.03 Å². The Labute approximate surface area is 105 Å². The number of hydrogen-bond acceptors (Lipinski definition) is 2. The minimum Gasteiger partial charge on any atom is -0.338 e. The third-order valence-corrected chi connectivity index (χ3v) is 2.25. The average Bonchev–Trinajstić information content (AvgIpc) is 2.32. The van der Waals surface area contributed by atoms with Gasteiger partial charge in [0.1, 0.15) is 11.6 Å². The number of carbonyl (C=O) groups excluding carboxylic acids is 1. The predicted octanol–water partition coefficient (Wildman–Crippen LogP) is 2.09. The first kappa shape index (κ1) is 14.4. The SMILES string of the molecule is CCNCCCNC(=O)Nc1ccc(F)cc1F. The number of halogens is 2. The molecule has 0 aliphatic carbocycles. The lowest BCUT2D eigenvalue weighted by Crippen LogP contribution is -2.31. The molecule has 0 saturated carbocycles. The van der Waals surface area contributed by atoms with Crippen LogP contribution < -0.4 is 16.0 Å². The molecule has 0 fully saturated rings. The van der Waals surface area contributed by atoms with Crippen LogP contribution in [-0.2, 0) is 0 Å². The van der Waals surface area contributed by atoms with Gasteiger partial charge in [0.25, 0.3) is 0 Å². The zero-order chi connectivity index (χ0) is 13.4. The van der Waals surface area contributed by atoms with Gasteiger partial charge in [-0.1, -0.05) is 6.92 Å². The third-order valence-electron chi connectivity index (χ3n) is 2.25. The minimum absolute atomic E-state index is 0.0411. The maximum absolute atomic E-state index is 13.2. The number of nitrogens with one attached hydrogen (secondary N) is 3. The summed E-state index contributed by atoms with van der Waals surface area (Å²) in [5.74, 6) is -1.47. The molecule has 18 heavy (non-hydrogen) atoms. The number of benzene rings is 1. The highest BCUT2D eigenvalue weighted by Gasteiger charge is 2.06. The van der Waals surface area contributed by atoms with Crippen molar-refractivity contribution in [2.24, 2.45) is 0 Å². The molecule has 1 rings (SSSR count). The van der Waals surface area contributed by atoms with Crippen LogP contribution >= 0.6 is 0 Å². The number of rotatable bonds is 6. The van der Waals surface area contributed by atoms with Crippen molar-refractivity contribution in [3.05, 3.63) is 29.8 Å². The molecular formula is C12H17F2N3O. The Balaban J connectivity index is 2.31. The Bertz CT molecular complexity index is 399. The number of urea groups is 1. The van der Waals surface area contributed by atoms with Crippen LogP contribution in [0.2, 0.25) is 0 Å². The fourth-order valence-electron chi connectivity index (χ4n) is 1.35. The van der Waals surface area contributed by atoms with Crippen LogP contribution in [-0.4, -0.2) is 25.7 Å². The van der Waals surface area contributed by atoms with Crippen molar-refractivity contribution in [1.82, 2.24) is 10.6 Å². The lowest BCUT2D eigenvalue weighted by molar-refractivity contribution is 0.252. The topological polar surface area (TPSA) is 53.2 Å². The zero-order valence-corrected chi connectivity index (χ0v) is 10.2. The molecule has 0 aliphatic rings. The largest absolute Gasteiger partial charge is 0.338 e. The molecule has 0 aromatic heterocycles. The Morgan fingerprint density at radius 2 is 2.06 bits per heavy atom. The maximum Gasteiger partial charge on any atom is 0.319 e. The molecule has 2 amide bonds. The summed E-state index contributed by atoms with van der Waals surface area (Å²) in [6, 6.07) is 2.49. The van der Waals surface area contributed by atoms with Crippen molar-refractivity contribution in [2.45, 2.75) is 13.3 Å². The van der Waals surface area contributed by atoms with Crippen molar-refractivity contribution >= 4 is 11.7 Å². The molecular weight excluding hydrogens is 240 g/mol. The van der Waals surface area contributed by atoms with Gasteiger partial charge in [0, 0.05) is 12.6 Å². The van der Waals surface area contributed by atoms with Crippen LogP contribution in [0.4, 0.5) is 19.3 Å². The van der Waals surface area contributed by atoms with Gasteiger partial charge in [0.15, 0.2) is 0 Å². The standard InChI is InChI=1S/C12H17F2N3O/c1-2-15-6-3-7-16-12(18)17-11-5-4-9(13)8-10(11)14/h4-5,8,15H,2-3,6-7H2,1H3,(H2,16,17,18). The fourth-order valence-corrected chi connectivity index (χ4v) is 1.35. The zero-order valence-electron chi connectivity index (χ0n) is 10.2. The summed E-state index contributed by atoms with van der Waals surface area (Å²) < 4.78 is 25.8. The highest BCUT2D eigenvalue weighted by Crippen LogP contribution is 2.14. The molecule has 0 bridgehead atoms. The van der Waals surface area contributed by atoms with Crippen LogP contribution in [0.1, 0.15) is 13.3 Å². The van der Waals surface area contributed by atoms with Gasteiger partial charge in [-0.2, -0.15) is 0 Å².